The third-order valence-electron chi connectivity index (χ3n) is 4.15. The minimum Gasteiger partial charge on any atom is -0.399 e. The van der Waals surface area contributed by atoms with Crippen LogP contribution in [0, 0.1) is 20.8 Å². The molecule has 0 aliphatic rings. The van der Waals surface area contributed by atoms with Gasteiger partial charge in [0.1, 0.15) is 5.82 Å². The van der Waals surface area contributed by atoms with Crippen LogP contribution in [0.1, 0.15) is 23.6 Å². The molecule has 21 heavy (non-hydrogen) atoms. The highest BCUT2D eigenvalue weighted by Gasteiger charge is 2.15. The van der Waals surface area contributed by atoms with E-state index in [4.69, 9.17) is 10.7 Å². The largest absolute Gasteiger partial charge is 0.399 e. The van der Waals surface area contributed by atoms with Gasteiger partial charge in [0, 0.05) is 17.8 Å². The Kier molecular flexibility index (Phi) is 3.20. The van der Waals surface area contributed by atoms with Crippen molar-refractivity contribution in [2.45, 2.75) is 34.2 Å². The van der Waals surface area contributed by atoms with Gasteiger partial charge in [0.15, 0.2) is 0 Å². The minimum absolute atomic E-state index is 0.791. The minimum atomic E-state index is 0.791. The zero-order valence-corrected chi connectivity index (χ0v) is 13.1. The van der Waals surface area contributed by atoms with Crippen molar-refractivity contribution < 1.29 is 0 Å². The van der Waals surface area contributed by atoms with Crippen LogP contribution in [0.2, 0.25) is 0 Å². The van der Waals surface area contributed by atoms with E-state index in [1.54, 1.807) is 0 Å². The molecule has 1 aromatic heterocycles. The van der Waals surface area contributed by atoms with Crippen LogP contribution in [0.25, 0.3) is 22.4 Å². The lowest BCUT2D eigenvalue weighted by molar-refractivity contribution is 0.795. The van der Waals surface area contributed by atoms with Gasteiger partial charge in [0.05, 0.1) is 11.0 Å². The summed E-state index contributed by atoms with van der Waals surface area (Å²) in [6.45, 7) is 9.37. The van der Waals surface area contributed by atoms with Gasteiger partial charge < -0.3 is 10.3 Å². The van der Waals surface area contributed by atoms with Gasteiger partial charge in [-0.05, 0) is 68.7 Å². The molecule has 0 fully saturated rings. The van der Waals surface area contributed by atoms with Crippen LogP contribution in [0.5, 0.6) is 0 Å². The molecular weight excluding hydrogens is 258 g/mol. The Morgan fingerprint density at radius 2 is 1.86 bits per heavy atom. The molecule has 0 atom stereocenters. The topological polar surface area (TPSA) is 43.8 Å². The molecule has 108 valence electrons. The smallest absolute Gasteiger partial charge is 0.141 e. The van der Waals surface area contributed by atoms with Crippen molar-refractivity contribution >= 4 is 16.7 Å². The lowest BCUT2D eigenvalue weighted by Gasteiger charge is -2.12. The number of fused-ring (bicyclic) bond motifs is 1. The quantitative estimate of drug-likeness (QED) is 0.713. The molecule has 2 N–H and O–H groups in total. The van der Waals surface area contributed by atoms with E-state index in [-0.39, 0.29) is 0 Å². The Labute approximate surface area is 125 Å². The number of hydrogen-bond donors (Lipinski definition) is 1. The van der Waals surface area contributed by atoms with Gasteiger partial charge in [-0.2, -0.15) is 0 Å². The normalized spacial score (nSPS) is 11.2. The van der Waals surface area contributed by atoms with Crippen LogP contribution in [-0.4, -0.2) is 9.55 Å². The van der Waals surface area contributed by atoms with Crippen LogP contribution >= 0.6 is 0 Å². The van der Waals surface area contributed by atoms with Crippen molar-refractivity contribution in [3.63, 3.8) is 0 Å². The molecule has 0 bridgehead atoms. The van der Waals surface area contributed by atoms with Crippen molar-refractivity contribution in [1.29, 1.82) is 0 Å². The van der Waals surface area contributed by atoms with E-state index >= 15 is 0 Å². The van der Waals surface area contributed by atoms with Crippen molar-refractivity contribution in [1.82, 2.24) is 9.55 Å². The third kappa shape index (κ3) is 2.19. The molecule has 2 aromatic carbocycles. The zero-order chi connectivity index (χ0) is 15.1. The molecule has 3 heteroatoms. The van der Waals surface area contributed by atoms with Gasteiger partial charge in [-0.1, -0.05) is 6.07 Å². The maximum Gasteiger partial charge on any atom is 0.141 e. The van der Waals surface area contributed by atoms with Gasteiger partial charge in [0.2, 0.25) is 0 Å². The van der Waals surface area contributed by atoms with Crippen LogP contribution in [-0.2, 0) is 6.54 Å². The molecule has 3 aromatic rings. The lowest BCUT2D eigenvalue weighted by Crippen LogP contribution is -2.01. The fourth-order valence-corrected chi connectivity index (χ4v) is 2.89. The first kappa shape index (κ1) is 13.7. The van der Waals surface area contributed by atoms with E-state index in [1.165, 1.54) is 22.2 Å². The van der Waals surface area contributed by atoms with Crippen molar-refractivity contribution in [3.05, 3.63) is 47.0 Å². The molecule has 0 spiro atoms. The number of nitrogen functional groups attached to an aromatic ring is 1. The average molecular weight is 279 g/mol. The molecule has 1 heterocycles. The van der Waals surface area contributed by atoms with Crippen molar-refractivity contribution in [2.24, 2.45) is 0 Å². The fraction of sp³-hybridized carbons (Fsp3) is 0.278. The summed E-state index contributed by atoms with van der Waals surface area (Å²) in [5.41, 5.74) is 13.9. The van der Waals surface area contributed by atoms with Gasteiger partial charge in [-0.15, -0.1) is 0 Å². The number of nitrogens with two attached hydrogens (primary N) is 1. The first-order chi connectivity index (χ1) is 10.0. The van der Waals surface area contributed by atoms with Crippen LogP contribution < -0.4 is 5.73 Å². The van der Waals surface area contributed by atoms with Crippen LogP contribution in [0.3, 0.4) is 0 Å². The summed E-state index contributed by atoms with van der Waals surface area (Å²) in [6.07, 6.45) is 0. The maximum atomic E-state index is 6.04. The number of hydrogen-bond acceptors (Lipinski definition) is 2. The second-order valence-electron chi connectivity index (χ2n) is 5.68. The number of rotatable bonds is 2. The van der Waals surface area contributed by atoms with E-state index in [0.29, 0.717) is 0 Å². The van der Waals surface area contributed by atoms with Gasteiger partial charge in [-0.25, -0.2) is 4.98 Å². The summed E-state index contributed by atoms with van der Waals surface area (Å²) in [5.74, 6) is 1.01. The molecule has 0 saturated carbocycles. The highest BCUT2D eigenvalue weighted by atomic mass is 15.1. The highest BCUT2D eigenvalue weighted by Crippen LogP contribution is 2.30. The lowest BCUT2D eigenvalue weighted by atomic mass is 10.0. The number of nitrogens with zero attached hydrogens (tertiary/aromatic N) is 2. The second-order valence-corrected chi connectivity index (χ2v) is 5.68. The Hall–Kier alpha value is -2.29. The molecule has 0 amide bonds. The standard InChI is InChI=1S/C18H21N3/c1-5-21-17-7-6-11(2)8-16(17)20-18(21)15-10-14(19)9-12(3)13(15)4/h6-10H,5,19H2,1-4H3. The molecule has 0 radical (unpaired) electrons. The summed E-state index contributed by atoms with van der Waals surface area (Å²) in [4.78, 5) is 4.87. The summed E-state index contributed by atoms with van der Waals surface area (Å²) in [6, 6.07) is 10.5. The summed E-state index contributed by atoms with van der Waals surface area (Å²) >= 11 is 0. The second kappa shape index (κ2) is 4.92. The fourth-order valence-electron chi connectivity index (χ4n) is 2.89. The van der Waals surface area contributed by atoms with E-state index in [2.05, 4.69) is 50.5 Å². The Bertz CT molecular complexity index is 828. The molecule has 0 saturated heterocycles. The number of imidazole rings is 1. The number of aromatic nitrogens is 2. The predicted molar refractivity (Wildman–Crippen MR) is 89.5 cm³/mol. The Morgan fingerprint density at radius 1 is 1.10 bits per heavy atom. The molecule has 3 nitrogen and oxygen atoms in total. The van der Waals surface area contributed by atoms with E-state index in [9.17, 15) is 0 Å². The van der Waals surface area contributed by atoms with Crippen LogP contribution in [0.15, 0.2) is 30.3 Å². The molecule has 3 rings (SSSR count). The third-order valence-corrected chi connectivity index (χ3v) is 4.15. The summed E-state index contributed by atoms with van der Waals surface area (Å²) in [7, 11) is 0. The predicted octanol–water partition coefficient (Wildman–Crippen LogP) is 4.23. The van der Waals surface area contributed by atoms with Crippen molar-refractivity contribution in [2.75, 3.05) is 5.73 Å². The molecular formula is C18H21N3. The molecule has 0 aliphatic carbocycles. The monoisotopic (exact) mass is 279 g/mol. The van der Waals surface area contributed by atoms with E-state index < -0.39 is 0 Å². The number of benzene rings is 2. The van der Waals surface area contributed by atoms with Gasteiger partial charge in [-0.3, -0.25) is 0 Å². The summed E-state index contributed by atoms with van der Waals surface area (Å²) < 4.78 is 2.26. The van der Waals surface area contributed by atoms with Crippen LogP contribution in [0.4, 0.5) is 5.69 Å². The highest BCUT2D eigenvalue weighted by molar-refractivity contribution is 5.82. The SMILES string of the molecule is CCn1c(-c2cc(N)cc(C)c2C)nc2cc(C)ccc21. The average Bonchev–Trinajstić information content (AvgIpc) is 2.79. The molecule has 0 unspecified atom stereocenters. The summed E-state index contributed by atoms with van der Waals surface area (Å²) in [5, 5.41) is 0. The maximum absolute atomic E-state index is 6.04. The first-order valence-electron chi connectivity index (χ1n) is 7.35. The van der Waals surface area contributed by atoms with E-state index in [0.717, 1.165) is 29.1 Å². The van der Waals surface area contributed by atoms with Gasteiger partial charge in [0.25, 0.3) is 0 Å². The van der Waals surface area contributed by atoms with Gasteiger partial charge >= 0.3 is 0 Å². The Balaban J connectivity index is 2.35. The number of anilines is 1. The molecule has 0 aliphatic heterocycles. The number of aryl methyl sites for hydroxylation is 3. The van der Waals surface area contributed by atoms with E-state index in [1.807, 2.05) is 12.1 Å². The Morgan fingerprint density at radius 3 is 2.57 bits per heavy atom. The van der Waals surface area contributed by atoms with Crippen molar-refractivity contribution in [3.8, 4) is 11.4 Å². The first-order valence-corrected chi connectivity index (χ1v) is 7.35. The zero-order valence-electron chi connectivity index (χ0n) is 13.1.